The first-order chi connectivity index (χ1) is 22.8. The summed E-state index contributed by atoms with van der Waals surface area (Å²) in [5, 5.41) is 0. The molecule has 0 aliphatic carbocycles. The smallest absolute Gasteiger partial charge is 0.338 e. The zero-order valence-electron chi connectivity index (χ0n) is 25.2. The molecule has 47 heavy (non-hydrogen) atoms. The average molecular weight is 718 g/mol. The molecule has 0 radical (unpaired) electrons. The van der Waals surface area contributed by atoms with Crippen LogP contribution in [0.5, 0.6) is 11.5 Å². The topological polar surface area (TPSA) is 79.1 Å². The monoisotopic (exact) mass is 716 g/mol. The summed E-state index contributed by atoms with van der Waals surface area (Å²) in [5.74, 6) is -0.544. The van der Waals surface area contributed by atoms with Gasteiger partial charge in [0, 0.05) is 5.56 Å². The third-order valence-electron chi connectivity index (χ3n) is 7.41. The quantitative estimate of drug-likeness (QED) is 0.162. The Balaban J connectivity index is 1.48. The van der Waals surface area contributed by atoms with Crippen LogP contribution in [0.4, 0.5) is 8.78 Å². The zero-order chi connectivity index (χ0) is 33.1. The predicted octanol–water partition coefficient (Wildman–Crippen LogP) is 6.56. The van der Waals surface area contributed by atoms with Crippen molar-refractivity contribution in [2.24, 2.45) is 4.99 Å². The normalized spacial score (nSPS) is 14.4. The Bertz CT molecular complexity index is 2160. The maximum atomic E-state index is 14.2. The Morgan fingerprint density at radius 1 is 1.00 bits per heavy atom. The van der Waals surface area contributed by atoms with Crippen molar-refractivity contribution < 1.29 is 27.8 Å². The van der Waals surface area contributed by atoms with Crippen LogP contribution in [0.2, 0.25) is 0 Å². The van der Waals surface area contributed by atoms with E-state index < -0.39 is 17.8 Å². The molecule has 0 fully saturated rings. The van der Waals surface area contributed by atoms with Crippen LogP contribution in [0.1, 0.15) is 35.2 Å². The number of benzene rings is 4. The van der Waals surface area contributed by atoms with Crippen molar-refractivity contribution >= 4 is 45.0 Å². The molecule has 6 rings (SSSR count). The zero-order valence-corrected chi connectivity index (χ0v) is 27.6. The first-order valence-corrected chi connectivity index (χ1v) is 16.2. The number of carbonyl (C=O) groups excluding carboxylic acids is 1. The van der Waals surface area contributed by atoms with Crippen molar-refractivity contribution in [1.29, 1.82) is 0 Å². The highest BCUT2D eigenvalue weighted by Crippen LogP contribution is 2.38. The van der Waals surface area contributed by atoms with E-state index in [1.165, 1.54) is 47.3 Å². The molecule has 0 amide bonds. The summed E-state index contributed by atoms with van der Waals surface area (Å²) in [6.07, 6.45) is 1.71. The van der Waals surface area contributed by atoms with Crippen LogP contribution >= 0.6 is 27.3 Å². The number of carbonyl (C=O) groups is 1. The molecule has 1 aliphatic heterocycles. The third kappa shape index (κ3) is 6.68. The molecule has 11 heteroatoms. The summed E-state index contributed by atoms with van der Waals surface area (Å²) in [6.45, 7) is 2.00. The van der Waals surface area contributed by atoms with E-state index in [0.717, 1.165) is 5.56 Å². The van der Waals surface area contributed by atoms with E-state index in [1.807, 2.05) is 30.3 Å². The molecule has 0 bridgehead atoms. The molecule has 0 saturated carbocycles. The molecule has 0 unspecified atom stereocenters. The van der Waals surface area contributed by atoms with Crippen molar-refractivity contribution in [3.8, 4) is 11.5 Å². The Kier molecular flexibility index (Phi) is 9.46. The van der Waals surface area contributed by atoms with E-state index >= 15 is 0 Å². The van der Waals surface area contributed by atoms with Crippen LogP contribution in [0.25, 0.3) is 11.8 Å². The van der Waals surface area contributed by atoms with E-state index in [0.29, 0.717) is 47.7 Å². The number of hydrogen-bond acceptors (Lipinski definition) is 7. The minimum absolute atomic E-state index is 0.116. The van der Waals surface area contributed by atoms with Gasteiger partial charge >= 0.3 is 5.97 Å². The predicted molar refractivity (Wildman–Crippen MR) is 179 cm³/mol. The SMILES string of the molecule is CCOC(=O)C1=C(c2ccccc2)N=c2s/c(=C\c3cc(Br)c(OCc4ccc(F)cc4)c(OC)c3)c(=O)n2[C@@H]1c1ccc(F)cc1. The molecule has 2 heterocycles. The van der Waals surface area contributed by atoms with E-state index in [2.05, 4.69) is 15.9 Å². The van der Waals surface area contributed by atoms with Crippen molar-refractivity contribution in [2.75, 3.05) is 13.7 Å². The van der Waals surface area contributed by atoms with Gasteiger partial charge in [-0.25, -0.2) is 18.6 Å². The highest BCUT2D eigenvalue weighted by molar-refractivity contribution is 9.10. The summed E-state index contributed by atoms with van der Waals surface area (Å²) in [5.41, 5.74) is 2.78. The second-order valence-corrected chi connectivity index (χ2v) is 12.3. The fourth-order valence-corrected chi connectivity index (χ4v) is 6.83. The highest BCUT2D eigenvalue weighted by atomic mass is 79.9. The van der Waals surface area contributed by atoms with Gasteiger partial charge in [0.15, 0.2) is 16.3 Å². The fraction of sp³-hybridized carbons (Fsp3) is 0.139. The second kappa shape index (κ2) is 13.9. The molecule has 238 valence electrons. The van der Waals surface area contributed by atoms with Crippen molar-refractivity contribution in [1.82, 2.24) is 4.57 Å². The van der Waals surface area contributed by atoms with E-state index in [9.17, 15) is 18.4 Å². The van der Waals surface area contributed by atoms with E-state index in [-0.39, 0.29) is 30.2 Å². The van der Waals surface area contributed by atoms with Crippen LogP contribution in [0.15, 0.2) is 111 Å². The number of fused-ring (bicyclic) bond motifs is 1. The van der Waals surface area contributed by atoms with Gasteiger partial charge in [-0.1, -0.05) is 65.9 Å². The lowest BCUT2D eigenvalue weighted by Gasteiger charge is -2.25. The number of thiazole rings is 1. The summed E-state index contributed by atoms with van der Waals surface area (Å²) >= 11 is 4.72. The lowest BCUT2D eigenvalue weighted by atomic mass is 9.93. The number of halogens is 3. The molecular weight excluding hydrogens is 690 g/mol. The molecule has 0 saturated heterocycles. The number of hydrogen-bond donors (Lipinski definition) is 0. The minimum Gasteiger partial charge on any atom is -0.493 e. The third-order valence-corrected chi connectivity index (χ3v) is 8.98. The van der Waals surface area contributed by atoms with Gasteiger partial charge in [0.1, 0.15) is 18.2 Å². The van der Waals surface area contributed by atoms with Crippen LogP contribution in [-0.2, 0) is 16.1 Å². The maximum absolute atomic E-state index is 14.2. The van der Waals surface area contributed by atoms with Crippen molar-refractivity contribution in [3.63, 3.8) is 0 Å². The molecule has 1 aliphatic rings. The van der Waals surface area contributed by atoms with Crippen LogP contribution in [-0.4, -0.2) is 24.3 Å². The van der Waals surface area contributed by atoms with Crippen LogP contribution < -0.4 is 24.4 Å². The lowest BCUT2D eigenvalue weighted by Crippen LogP contribution is -2.40. The minimum atomic E-state index is -0.924. The van der Waals surface area contributed by atoms with Gasteiger partial charge in [0.2, 0.25) is 0 Å². The van der Waals surface area contributed by atoms with Gasteiger partial charge in [0.25, 0.3) is 5.56 Å². The van der Waals surface area contributed by atoms with Gasteiger partial charge in [-0.2, -0.15) is 0 Å². The highest BCUT2D eigenvalue weighted by Gasteiger charge is 2.35. The number of aromatic nitrogens is 1. The first kappa shape index (κ1) is 32.1. The molecule has 7 nitrogen and oxygen atoms in total. The molecule has 4 aromatic carbocycles. The largest absolute Gasteiger partial charge is 0.493 e. The van der Waals surface area contributed by atoms with Crippen LogP contribution in [0, 0.1) is 11.6 Å². The molecule has 1 atom stereocenters. The number of esters is 1. The average Bonchev–Trinajstić information content (AvgIpc) is 3.38. The van der Waals surface area contributed by atoms with E-state index in [1.54, 1.807) is 49.4 Å². The summed E-state index contributed by atoms with van der Waals surface area (Å²) < 4.78 is 46.8. The van der Waals surface area contributed by atoms with Crippen molar-refractivity contribution in [2.45, 2.75) is 19.6 Å². The standard InChI is InChI=1S/C36H27BrF2N2O5S/c1-3-45-35(43)30-31(23-7-5-4-6-8-23)40-36-41(32(30)24-11-15-26(39)16-12-24)34(42)29(47-36)19-22-17-27(37)33(28(18-22)44-2)46-20-21-9-13-25(38)14-10-21/h4-19,32H,3,20H2,1-2H3/b29-19-/t32-/m1/s1. The van der Waals surface area contributed by atoms with Gasteiger partial charge in [-0.15, -0.1) is 0 Å². The summed E-state index contributed by atoms with van der Waals surface area (Å²) in [6, 6.07) is 23.5. The Labute approximate surface area is 280 Å². The van der Waals surface area contributed by atoms with E-state index in [4.69, 9.17) is 19.2 Å². The maximum Gasteiger partial charge on any atom is 0.338 e. The second-order valence-electron chi connectivity index (χ2n) is 10.4. The molecular formula is C36H27BrF2N2O5S. The number of methoxy groups -OCH3 is 1. The van der Waals surface area contributed by atoms with Crippen molar-refractivity contribution in [3.05, 3.63) is 155 Å². The number of ether oxygens (including phenoxy) is 3. The Hall–Kier alpha value is -4.87. The Morgan fingerprint density at radius 3 is 2.34 bits per heavy atom. The van der Waals surface area contributed by atoms with Gasteiger partial charge in [0.05, 0.1) is 40.0 Å². The fourth-order valence-electron chi connectivity index (χ4n) is 5.25. The lowest BCUT2D eigenvalue weighted by molar-refractivity contribution is -0.138. The molecule has 5 aromatic rings. The molecule has 1 aromatic heterocycles. The van der Waals surface area contributed by atoms with Gasteiger partial charge in [-0.3, -0.25) is 9.36 Å². The molecule has 0 spiro atoms. The summed E-state index contributed by atoms with van der Waals surface area (Å²) in [4.78, 5) is 32.9. The van der Waals surface area contributed by atoms with Crippen LogP contribution in [0.3, 0.4) is 0 Å². The Morgan fingerprint density at radius 2 is 1.68 bits per heavy atom. The summed E-state index contributed by atoms with van der Waals surface area (Å²) in [7, 11) is 1.51. The van der Waals surface area contributed by atoms with Gasteiger partial charge < -0.3 is 14.2 Å². The van der Waals surface area contributed by atoms with Gasteiger partial charge in [-0.05, 0) is 82.0 Å². The number of rotatable bonds is 9. The number of nitrogens with zero attached hydrogens (tertiary/aromatic N) is 2. The first-order valence-electron chi connectivity index (χ1n) is 14.6. The molecule has 0 N–H and O–H groups in total.